The van der Waals surface area contributed by atoms with Crippen LogP contribution in [0.1, 0.15) is 87.1 Å². The molecular formula is C45H44N2OS2. The molecule has 7 aromatic rings. The maximum atomic E-state index is 11.8. The van der Waals surface area contributed by atoms with Crippen LogP contribution < -0.4 is 0 Å². The fraction of sp³-hybridized carbons (Fsp3) is 0.267. The number of hydrogen-bond donors (Lipinski definition) is 0. The van der Waals surface area contributed by atoms with Gasteiger partial charge in [-0.15, -0.1) is 22.7 Å². The van der Waals surface area contributed by atoms with E-state index in [1.165, 1.54) is 42.8 Å². The first-order valence-electron chi connectivity index (χ1n) is 17.8. The lowest BCUT2D eigenvalue weighted by atomic mass is 9.77. The summed E-state index contributed by atoms with van der Waals surface area (Å²) >= 11 is 3.53. The van der Waals surface area contributed by atoms with E-state index in [1.807, 2.05) is 13.0 Å². The molecule has 2 aromatic heterocycles. The summed E-state index contributed by atoms with van der Waals surface area (Å²) in [6.45, 7) is 8.86. The van der Waals surface area contributed by atoms with Crippen molar-refractivity contribution in [2.45, 2.75) is 77.6 Å². The maximum Gasteiger partial charge on any atom is 0.132 e. The van der Waals surface area contributed by atoms with Crippen molar-refractivity contribution in [1.29, 1.82) is 0 Å². The minimum atomic E-state index is -0.133. The van der Waals surface area contributed by atoms with Gasteiger partial charge in [0, 0.05) is 29.4 Å². The van der Waals surface area contributed by atoms with Crippen LogP contribution in [-0.2, 0) is 23.1 Å². The number of rotatable bonds is 13. The molecule has 7 rings (SSSR count). The van der Waals surface area contributed by atoms with Crippen molar-refractivity contribution >= 4 is 48.9 Å². The second kappa shape index (κ2) is 14.8. The zero-order chi connectivity index (χ0) is 34.7. The molecule has 0 spiro atoms. The summed E-state index contributed by atoms with van der Waals surface area (Å²) in [4.78, 5) is 21.6. The molecule has 0 aliphatic rings. The molecule has 0 saturated heterocycles. The first-order valence-corrected chi connectivity index (χ1v) is 19.5. The molecule has 1 unspecified atom stereocenters. The van der Waals surface area contributed by atoms with Gasteiger partial charge in [-0.2, -0.15) is 0 Å². The van der Waals surface area contributed by atoms with Crippen molar-refractivity contribution < 1.29 is 4.79 Å². The topological polar surface area (TPSA) is 42.9 Å². The highest BCUT2D eigenvalue weighted by Crippen LogP contribution is 2.36. The smallest absolute Gasteiger partial charge is 0.132 e. The molecule has 0 aliphatic carbocycles. The zero-order valence-electron chi connectivity index (χ0n) is 29.4. The van der Waals surface area contributed by atoms with E-state index in [1.54, 1.807) is 22.7 Å². The molecule has 5 aromatic carbocycles. The molecule has 5 heteroatoms. The van der Waals surface area contributed by atoms with Crippen LogP contribution in [-0.4, -0.2) is 15.8 Å². The number of aryl methyl sites for hydroxylation is 2. The van der Waals surface area contributed by atoms with E-state index in [-0.39, 0.29) is 5.41 Å². The van der Waals surface area contributed by atoms with Gasteiger partial charge in [0.05, 0.1) is 20.4 Å². The minimum Gasteiger partial charge on any atom is -0.300 e. The van der Waals surface area contributed by atoms with Gasteiger partial charge in [-0.3, -0.25) is 4.79 Å². The molecule has 0 aliphatic heterocycles. The van der Waals surface area contributed by atoms with Crippen LogP contribution in [0.5, 0.6) is 0 Å². The third-order valence-corrected chi connectivity index (χ3v) is 12.3. The van der Waals surface area contributed by atoms with Crippen molar-refractivity contribution in [1.82, 2.24) is 9.97 Å². The molecular weight excluding hydrogens is 649 g/mol. The molecule has 50 heavy (non-hydrogen) atoms. The highest BCUT2D eigenvalue weighted by molar-refractivity contribution is 7.22. The van der Waals surface area contributed by atoms with Gasteiger partial charge in [0.15, 0.2) is 0 Å². The Morgan fingerprint density at radius 1 is 0.680 bits per heavy atom. The first-order chi connectivity index (χ1) is 24.3. The Morgan fingerprint density at radius 2 is 1.34 bits per heavy atom. The lowest BCUT2D eigenvalue weighted by molar-refractivity contribution is -0.118. The van der Waals surface area contributed by atoms with Gasteiger partial charge < -0.3 is 0 Å². The van der Waals surface area contributed by atoms with E-state index in [2.05, 4.69) is 130 Å². The van der Waals surface area contributed by atoms with Gasteiger partial charge in [-0.25, -0.2) is 9.97 Å². The van der Waals surface area contributed by atoms with Crippen LogP contribution >= 0.6 is 22.7 Å². The van der Waals surface area contributed by atoms with Crippen molar-refractivity contribution in [2.24, 2.45) is 0 Å². The normalized spacial score (nSPS) is 12.5. The van der Waals surface area contributed by atoms with E-state index in [0.717, 1.165) is 52.3 Å². The zero-order valence-corrected chi connectivity index (χ0v) is 31.0. The maximum absolute atomic E-state index is 11.8. The van der Waals surface area contributed by atoms with E-state index in [0.29, 0.717) is 24.5 Å². The first kappa shape index (κ1) is 34.0. The number of hydrogen-bond acceptors (Lipinski definition) is 5. The number of benzene rings is 5. The number of ketones is 1. The van der Waals surface area contributed by atoms with Crippen LogP contribution in [0.25, 0.3) is 41.6 Å². The van der Waals surface area contributed by atoms with Crippen LogP contribution in [0.2, 0.25) is 0 Å². The monoisotopic (exact) mass is 692 g/mol. The van der Waals surface area contributed by atoms with Crippen LogP contribution in [0.15, 0.2) is 115 Å². The van der Waals surface area contributed by atoms with Gasteiger partial charge in [0.2, 0.25) is 0 Å². The summed E-state index contributed by atoms with van der Waals surface area (Å²) in [5.41, 5.74) is 11.0. The fourth-order valence-electron chi connectivity index (χ4n) is 6.73. The van der Waals surface area contributed by atoms with E-state index >= 15 is 0 Å². The molecule has 0 N–H and O–H groups in total. The van der Waals surface area contributed by atoms with Crippen molar-refractivity contribution in [2.75, 3.05) is 0 Å². The quantitative estimate of drug-likeness (QED) is 0.121. The standard InChI is InChI=1S/C45H44N2OS2/c1-5-38(48)13-9-11-31-10-8-12-37(28-31)45(3,4)36-25-23-35(24-26-36)44-47-40-27-18-32(29-42(40)50-44)17-16-30(2)33-19-21-34(22-20-33)43-46-39-14-6-7-15-41(39)49-43/h6-8,10,12,14-15,18-30H,5,9,11,13,16-17H2,1-4H3. The van der Waals surface area contributed by atoms with Gasteiger partial charge in [-0.1, -0.05) is 119 Å². The molecule has 252 valence electrons. The van der Waals surface area contributed by atoms with Crippen molar-refractivity contribution in [3.8, 4) is 21.1 Å². The Kier molecular flexibility index (Phi) is 10.1. The summed E-state index contributed by atoms with van der Waals surface area (Å²) in [6, 6.07) is 41.9. The Balaban J connectivity index is 0.986. The number of nitrogens with zero attached hydrogens (tertiary/aromatic N) is 2. The van der Waals surface area contributed by atoms with Gasteiger partial charge >= 0.3 is 0 Å². The lowest BCUT2D eigenvalue weighted by Crippen LogP contribution is -2.19. The average Bonchev–Trinajstić information content (AvgIpc) is 3.79. The summed E-state index contributed by atoms with van der Waals surface area (Å²) in [7, 11) is 0. The molecule has 1 atom stereocenters. The van der Waals surface area contributed by atoms with Crippen molar-refractivity contribution in [3.63, 3.8) is 0 Å². The Morgan fingerprint density at radius 3 is 2.06 bits per heavy atom. The van der Waals surface area contributed by atoms with Gasteiger partial charge in [-0.05, 0) is 83.7 Å². The highest BCUT2D eigenvalue weighted by atomic mass is 32.1. The second-order valence-corrected chi connectivity index (χ2v) is 16.1. The van der Waals surface area contributed by atoms with Gasteiger partial charge in [0.1, 0.15) is 15.8 Å². The van der Waals surface area contributed by atoms with Crippen LogP contribution in [0.4, 0.5) is 0 Å². The Bertz CT molecular complexity index is 2210. The number of Topliss-reactive ketones (excluding diaryl/α,β-unsaturated/α-hetero) is 1. The largest absolute Gasteiger partial charge is 0.300 e. The van der Waals surface area contributed by atoms with E-state index < -0.39 is 0 Å². The summed E-state index contributed by atoms with van der Waals surface area (Å²) in [5.74, 6) is 0.814. The Hall–Kier alpha value is -4.45. The number of aromatic nitrogens is 2. The van der Waals surface area contributed by atoms with E-state index in [9.17, 15) is 4.79 Å². The predicted molar refractivity (Wildman–Crippen MR) is 214 cm³/mol. The summed E-state index contributed by atoms with van der Waals surface area (Å²) in [6.07, 6.45) is 5.27. The number of fused-ring (bicyclic) bond motifs is 2. The number of carbonyl (C=O) groups is 1. The van der Waals surface area contributed by atoms with Crippen molar-refractivity contribution in [3.05, 3.63) is 143 Å². The molecule has 2 heterocycles. The summed E-state index contributed by atoms with van der Waals surface area (Å²) < 4.78 is 2.47. The van der Waals surface area contributed by atoms with Gasteiger partial charge in [0.25, 0.3) is 0 Å². The summed E-state index contributed by atoms with van der Waals surface area (Å²) in [5, 5.41) is 2.14. The SMILES string of the molecule is CCC(=O)CCCc1cccc(C(C)(C)c2ccc(-c3nc4ccc(CCC(C)c5ccc(-c6nc7ccccc7s6)cc5)cc4s3)cc2)c1. The molecule has 3 nitrogen and oxygen atoms in total. The fourth-order valence-corrected chi connectivity index (χ4v) is 8.73. The number of carbonyl (C=O) groups excluding carboxylic acids is 1. The molecule has 0 fully saturated rings. The lowest BCUT2D eigenvalue weighted by Gasteiger charge is -2.27. The second-order valence-electron chi connectivity index (χ2n) is 14.0. The highest BCUT2D eigenvalue weighted by Gasteiger charge is 2.23. The molecule has 0 saturated carbocycles. The third-order valence-electron chi connectivity index (χ3n) is 10.2. The molecule has 0 amide bonds. The van der Waals surface area contributed by atoms with E-state index in [4.69, 9.17) is 9.97 Å². The molecule has 0 bridgehead atoms. The number of para-hydroxylation sites is 1. The third kappa shape index (κ3) is 7.50. The van der Waals surface area contributed by atoms with Crippen LogP contribution in [0, 0.1) is 0 Å². The molecule has 0 radical (unpaired) electrons. The average molecular weight is 693 g/mol. The Labute approximate surface area is 304 Å². The number of thiazole rings is 2. The predicted octanol–water partition coefficient (Wildman–Crippen LogP) is 12.6. The minimum absolute atomic E-state index is 0.133. The van der Waals surface area contributed by atoms with Crippen LogP contribution in [0.3, 0.4) is 0 Å².